The van der Waals surface area contributed by atoms with Crippen molar-refractivity contribution in [1.29, 1.82) is 0 Å². The van der Waals surface area contributed by atoms with E-state index >= 15 is 0 Å². The van der Waals surface area contributed by atoms with Crippen LogP contribution in [0, 0.1) is 0 Å². The van der Waals surface area contributed by atoms with E-state index in [1.54, 1.807) is 0 Å². The Balaban J connectivity index is 2.81. The van der Waals surface area contributed by atoms with Gasteiger partial charge in [0.2, 0.25) is 0 Å². The lowest BCUT2D eigenvalue weighted by Crippen LogP contribution is -1.89. The lowest BCUT2D eigenvalue weighted by molar-refractivity contribution is 0.267. The van der Waals surface area contributed by atoms with Crippen molar-refractivity contribution in [3.05, 3.63) is 0 Å². The Hall–Kier alpha value is 0.190. The average Bonchev–Trinajstić information content (AvgIpc) is 1.35. The topological polar surface area (TPSA) is 26.3 Å². The maximum atomic E-state index is 9.60. The van der Waals surface area contributed by atoms with Gasteiger partial charge in [0.05, 0.1) is 6.10 Å². The summed E-state index contributed by atoms with van der Waals surface area (Å²) >= 11 is 0. The lowest BCUT2D eigenvalue weighted by Gasteiger charge is -1.94. The fraction of sp³-hybridized carbons (Fsp3) is 1.00. The monoisotopic (exact) mass is 108 g/mol. The molecule has 1 atom stereocenters. The molecule has 0 N–H and O–H groups in total. The van der Waals surface area contributed by atoms with Crippen molar-refractivity contribution < 1.29 is 9.09 Å². The molecule has 0 aliphatic rings. The van der Waals surface area contributed by atoms with E-state index in [1.165, 1.54) is 0 Å². The van der Waals surface area contributed by atoms with Gasteiger partial charge in [-0.15, -0.1) is 0 Å². The molecule has 0 aliphatic carbocycles. The SMILES string of the molecule is CC(C)O[PH2]=O. The maximum Gasteiger partial charge on any atom is 0.180 e. The summed E-state index contributed by atoms with van der Waals surface area (Å²) in [6.45, 7) is 3.70. The molecule has 2 nitrogen and oxygen atoms in total. The summed E-state index contributed by atoms with van der Waals surface area (Å²) in [5.74, 6) is 0. The van der Waals surface area contributed by atoms with Crippen molar-refractivity contribution in [2.75, 3.05) is 0 Å². The van der Waals surface area contributed by atoms with E-state index in [0.29, 0.717) is 0 Å². The minimum absolute atomic E-state index is 0.123. The summed E-state index contributed by atoms with van der Waals surface area (Å²) in [6, 6.07) is 0. The summed E-state index contributed by atoms with van der Waals surface area (Å²) in [7, 11) is -0.998. The van der Waals surface area contributed by atoms with Crippen molar-refractivity contribution in [2.24, 2.45) is 0 Å². The van der Waals surface area contributed by atoms with Crippen molar-refractivity contribution in [1.82, 2.24) is 0 Å². The summed E-state index contributed by atoms with van der Waals surface area (Å²) in [4.78, 5) is 0. The molecule has 0 radical (unpaired) electrons. The van der Waals surface area contributed by atoms with E-state index in [1.807, 2.05) is 13.8 Å². The molecule has 6 heavy (non-hydrogen) atoms. The van der Waals surface area contributed by atoms with Crippen molar-refractivity contribution in [3.63, 3.8) is 0 Å². The molecule has 0 aromatic heterocycles. The van der Waals surface area contributed by atoms with Crippen LogP contribution in [0.3, 0.4) is 0 Å². The molecule has 0 spiro atoms. The molecule has 0 heterocycles. The predicted octanol–water partition coefficient (Wildman–Crippen LogP) is 1.08. The van der Waals surface area contributed by atoms with Crippen LogP contribution in [0.4, 0.5) is 0 Å². The highest BCUT2D eigenvalue weighted by Gasteiger charge is 1.83. The molecule has 0 aromatic rings. The minimum atomic E-state index is -0.998. The van der Waals surface area contributed by atoms with Gasteiger partial charge in [-0.1, -0.05) is 0 Å². The first-order valence-electron chi connectivity index (χ1n) is 1.86. The Kier molecular flexibility index (Phi) is 3.49. The minimum Gasteiger partial charge on any atom is -0.330 e. The van der Waals surface area contributed by atoms with Crippen LogP contribution in [0.15, 0.2) is 0 Å². The normalized spacial score (nSPS) is 11.8. The van der Waals surface area contributed by atoms with Gasteiger partial charge in [0.25, 0.3) is 0 Å². The van der Waals surface area contributed by atoms with Gasteiger partial charge < -0.3 is 4.52 Å². The van der Waals surface area contributed by atoms with E-state index < -0.39 is 8.69 Å². The third kappa shape index (κ3) is 4.19. The third-order valence-corrected chi connectivity index (χ3v) is 0.983. The Labute approximate surface area is 38.8 Å². The summed E-state index contributed by atoms with van der Waals surface area (Å²) in [5.41, 5.74) is 0. The zero-order valence-corrected chi connectivity index (χ0v) is 5.13. The van der Waals surface area contributed by atoms with E-state index in [9.17, 15) is 4.57 Å². The molecule has 0 saturated carbocycles. The molecule has 1 unspecified atom stereocenters. The molecule has 3 heteroatoms. The smallest absolute Gasteiger partial charge is 0.180 e. The van der Waals surface area contributed by atoms with Gasteiger partial charge in [0.15, 0.2) is 8.69 Å². The predicted molar refractivity (Wildman–Crippen MR) is 26.6 cm³/mol. The second-order valence-electron chi connectivity index (χ2n) is 1.28. The zero-order chi connectivity index (χ0) is 4.99. The Bertz CT molecular complexity index is 44.1. The zero-order valence-electron chi connectivity index (χ0n) is 3.97. The Morgan fingerprint density at radius 3 is 2.17 bits per heavy atom. The molecular weight excluding hydrogens is 99.0 g/mol. The molecule has 0 saturated heterocycles. The largest absolute Gasteiger partial charge is 0.330 e. The van der Waals surface area contributed by atoms with Gasteiger partial charge in [-0.2, -0.15) is 0 Å². The Morgan fingerprint density at radius 1 is 1.67 bits per heavy atom. The van der Waals surface area contributed by atoms with E-state index in [0.717, 1.165) is 0 Å². The van der Waals surface area contributed by atoms with Crippen LogP contribution >= 0.6 is 8.69 Å². The van der Waals surface area contributed by atoms with E-state index in [4.69, 9.17) is 0 Å². The number of hydrogen-bond donors (Lipinski definition) is 0. The van der Waals surface area contributed by atoms with Crippen molar-refractivity contribution in [2.45, 2.75) is 20.0 Å². The van der Waals surface area contributed by atoms with Crippen LogP contribution in [0.5, 0.6) is 0 Å². The third-order valence-electron chi connectivity index (χ3n) is 0.328. The van der Waals surface area contributed by atoms with Gasteiger partial charge in [-0.25, -0.2) is 0 Å². The Morgan fingerprint density at radius 2 is 2.17 bits per heavy atom. The number of hydrogen-bond acceptors (Lipinski definition) is 2. The van der Waals surface area contributed by atoms with Crippen LogP contribution < -0.4 is 0 Å². The quantitative estimate of drug-likeness (QED) is 0.495. The van der Waals surface area contributed by atoms with Crippen LogP contribution in [-0.4, -0.2) is 6.10 Å². The van der Waals surface area contributed by atoms with Gasteiger partial charge in [-0.3, -0.25) is 4.57 Å². The van der Waals surface area contributed by atoms with Crippen molar-refractivity contribution >= 4 is 8.69 Å². The van der Waals surface area contributed by atoms with Gasteiger partial charge in [-0.05, 0) is 13.8 Å². The van der Waals surface area contributed by atoms with Gasteiger partial charge in [0.1, 0.15) is 0 Å². The van der Waals surface area contributed by atoms with Crippen molar-refractivity contribution in [3.8, 4) is 0 Å². The highest BCUT2D eigenvalue weighted by atomic mass is 31.1. The molecule has 0 fully saturated rings. The summed E-state index contributed by atoms with van der Waals surface area (Å²) in [5, 5.41) is 0. The van der Waals surface area contributed by atoms with Crippen LogP contribution in [0.25, 0.3) is 0 Å². The standard InChI is InChI=1S/C3H9O2P/c1-3(2)5-6-4/h3H,6H2,1-2H3. The molecule has 38 valence electrons. The molecule has 0 amide bonds. The number of rotatable bonds is 2. The molecule has 0 aromatic carbocycles. The maximum absolute atomic E-state index is 9.60. The highest BCUT2D eigenvalue weighted by molar-refractivity contribution is 7.17. The van der Waals surface area contributed by atoms with Crippen LogP contribution in [0.1, 0.15) is 13.8 Å². The van der Waals surface area contributed by atoms with Gasteiger partial charge >= 0.3 is 0 Å². The second-order valence-corrected chi connectivity index (χ2v) is 1.75. The van der Waals surface area contributed by atoms with Crippen LogP contribution in [0.2, 0.25) is 0 Å². The molecular formula is C3H9O2P. The lowest BCUT2D eigenvalue weighted by atomic mass is 10.5. The van der Waals surface area contributed by atoms with Gasteiger partial charge in [0, 0.05) is 0 Å². The first-order valence-corrected chi connectivity index (χ1v) is 2.80. The average molecular weight is 108 g/mol. The summed E-state index contributed by atoms with van der Waals surface area (Å²) in [6.07, 6.45) is 0.123. The first kappa shape index (κ1) is 6.19. The first-order chi connectivity index (χ1) is 2.77. The molecule has 0 rings (SSSR count). The van der Waals surface area contributed by atoms with E-state index in [2.05, 4.69) is 4.52 Å². The highest BCUT2D eigenvalue weighted by Crippen LogP contribution is 1.98. The summed E-state index contributed by atoms with van der Waals surface area (Å²) < 4.78 is 14.2. The fourth-order valence-corrected chi connectivity index (χ4v) is 0.333. The van der Waals surface area contributed by atoms with Crippen LogP contribution in [-0.2, 0) is 9.09 Å². The second kappa shape index (κ2) is 3.38. The molecule has 0 aliphatic heterocycles. The van der Waals surface area contributed by atoms with E-state index in [-0.39, 0.29) is 6.10 Å². The molecule has 0 bridgehead atoms. The fourth-order valence-electron chi connectivity index (χ4n) is 0.111.